The second kappa shape index (κ2) is 7.39. The topological polar surface area (TPSA) is 29.1 Å². The molecule has 1 aromatic rings. The fourth-order valence-corrected chi connectivity index (χ4v) is 2.32. The second-order valence-electron chi connectivity index (χ2n) is 3.83. The maximum atomic E-state index is 12.0. The minimum Gasteiger partial charge on any atom is -0.350 e. The van der Waals surface area contributed by atoms with Crippen LogP contribution in [0.3, 0.4) is 0 Å². The fourth-order valence-electron chi connectivity index (χ4n) is 1.43. The first-order valence-corrected chi connectivity index (χ1v) is 7.65. The number of carbonyl (C=O) groups excluding carboxylic acids is 1. The molecule has 0 spiro atoms. The molecule has 0 aromatic heterocycles. The van der Waals surface area contributed by atoms with Gasteiger partial charge in [-0.3, -0.25) is 4.79 Å². The summed E-state index contributed by atoms with van der Waals surface area (Å²) in [6, 6.07) is 5.40. The maximum absolute atomic E-state index is 12.0. The standard InChI is InChI=1S/C12H14Br2ClNO/c1-8(3-2-6-13)16-12(17)10-7-9(14)4-5-11(10)15/h4-5,7-8H,2-3,6H2,1H3,(H,16,17). The molecule has 0 saturated carbocycles. The van der Waals surface area contributed by atoms with Gasteiger partial charge in [-0.1, -0.05) is 43.5 Å². The molecular weight excluding hydrogens is 369 g/mol. The van der Waals surface area contributed by atoms with Crippen LogP contribution in [0.1, 0.15) is 30.1 Å². The van der Waals surface area contributed by atoms with Crippen LogP contribution in [0.5, 0.6) is 0 Å². The summed E-state index contributed by atoms with van der Waals surface area (Å²) in [6.07, 6.45) is 1.98. The Morgan fingerprint density at radius 2 is 2.24 bits per heavy atom. The summed E-state index contributed by atoms with van der Waals surface area (Å²) in [5.41, 5.74) is 0.506. The van der Waals surface area contributed by atoms with Crippen molar-refractivity contribution in [2.45, 2.75) is 25.8 Å². The van der Waals surface area contributed by atoms with Crippen molar-refractivity contribution in [1.82, 2.24) is 5.32 Å². The highest BCUT2D eigenvalue weighted by Gasteiger charge is 2.13. The summed E-state index contributed by atoms with van der Waals surface area (Å²) < 4.78 is 0.847. The summed E-state index contributed by atoms with van der Waals surface area (Å²) in [6.45, 7) is 1.99. The molecule has 1 amide bonds. The Kier molecular flexibility index (Phi) is 6.52. The van der Waals surface area contributed by atoms with Crippen LogP contribution in [0.2, 0.25) is 5.02 Å². The van der Waals surface area contributed by atoms with Gasteiger partial charge in [0.15, 0.2) is 0 Å². The molecule has 0 aliphatic rings. The average Bonchev–Trinajstić information content (AvgIpc) is 2.29. The predicted molar refractivity (Wildman–Crippen MR) is 79.1 cm³/mol. The third-order valence-corrected chi connectivity index (χ3v) is 3.70. The van der Waals surface area contributed by atoms with Gasteiger partial charge in [0.25, 0.3) is 5.91 Å². The number of amides is 1. The molecule has 0 radical (unpaired) electrons. The molecule has 0 heterocycles. The van der Waals surface area contributed by atoms with Crippen molar-refractivity contribution in [2.75, 3.05) is 5.33 Å². The Morgan fingerprint density at radius 3 is 2.88 bits per heavy atom. The molecule has 2 nitrogen and oxygen atoms in total. The normalized spacial score (nSPS) is 12.2. The zero-order valence-electron chi connectivity index (χ0n) is 9.47. The number of halogens is 3. The molecule has 0 bridgehead atoms. The van der Waals surface area contributed by atoms with Crippen LogP contribution < -0.4 is 5.32 Å². The molecular formula is C12H14Br2ClNO. The van der Waals surface area contributed by atoms with Crippen molar-refractivity contribution in [2.24, 2.45) is 0 Å². The fraction of sp³-hybridized carbons (Fsp3) is 0.417. The van der Waals surface area contributed by atoms with Crippen molar-refractivity contribution < 1.29 is 4.79 Å². The first-order chi connectivity index (χ1) is 8.04. The van der Waals surface area contributed by atoms with Gasteiger partial charge < -0.3 is 5.32 Å². The van der Waals surface area contributed by atoms with Crippen molar-refractivity contribution in [3.8, 4) is 0 Å². The third-order valence-electron chi connectivity index (χ3n) is 2.32. The Morgan fingerprint density at radius 1 is 1.53 bits per heavy atom. The third kappa shape index (κ3) is 4.98. The lowest BCUT2D eigenvalue weighted by atomic mass is 10.1. The van der Waals surface area contributed by atoms with Crippen LogP contribution in [-0.4, -0.2) is 17.3 Å². The lowest BCUT2D eigenvalue weighted by molar-refractivity contribution is 0.0938. The second-order valence-corrected chi connectivity index (χ2v) is 5.95. The number of hydrogen-bond acceptors (Lipinski definition) is 1. The monoisotopic (exact) mass is 381 g/mol. The zero-order valence-corrected chi connectivity index (χ0v) is 13.4. The molecule has 0 saturated heterocycles. The number of hydrogen-bond donors (Lipinski definition) is 1. The van der Waals surface area contributed by atoms with E-state index in [0.29, 0.717) is 10.6 Å². The Balaban J connectivity index is 2.66. The SMILES string of the molecule is CC(CCCBr)NC(=O)c1cc(Br)ccc1Cl. The first kappa shape index (κ1) is 15.0. The zero-order chi connectivity index (χ0) is 12.8. The van der Waals surface area contributed by atoms with E-state index in [0.717, 1.165) is 22.6 Å². The number of benzene rings is 1. The van der Waals surface area contributed by atoms with E-state index in [1.807, 2.05) is 13.0 Å². The summed E-state index contributed by atoms with van der Waals surface area (Å²) >= 11 is 12.7. The number of rotatable bonds is 5. The minimum absolute atomic E-state index is 0.127. The quantitative estimate of drug-likeness (QED) is 0.751. The van der Waals surface area contributed by atoms with E-state index in [1.54, 1.807) is 12.1 Å². The molecule has 1 rings (SSSR count). The molecule has 1 unspecified atom stereocenters. The lowest BCUT2D eigenvalue weighted by Crippen LogP contribution is -2.32. The van der Waals surface area contributed by atoms with Crippen LogP contribution in [0, 0.1) is 0 Å². The van der Waals surface area contributed by atoms with Gasteiger partial charge in [-0.15, -0.1) is 0 Å². The van der Waals surface area contributed by atoms with Gasteiger partial charge in [0, 0.05) is 15.8 Å². The molecule has 0 fully saturated rings. The molecule has 5 heteroatoms. The number of alkyl halides is 1. The van der Waals surface area contributed by atoms with E-state index in [9.17, 15) is 4.79 Å². The Hall–Kier alpha value is -0.0600. The largest absolute Gasteiger partial charge is 0.350 e. The highest BCUT2D eigenvalue weighted by Crippen LogP contribution is 2.21. The van der Waals surface area contributed by atoms with Crippen LogP contribution in [0.25, 0.3) is 0 Å². The summed E-state index contributed by atoms with van der Waals surface area (Å²) in [5, 5.41) is 4.35. The number of nitrogens with one attached hydrogen (secondary N) is 1. The Labute approximate surface area is 123 Å². The van der Waals surface area contributed by atoms with Crippen molar-refractivity contribution in [3.05, 3.63) is 33.3 Å². The van der Waals surface area contributed by atoms with Gasteiger partial charge in [0.05, 0.1) is 10.6 Å². The van der Waals surface area contributed by atoms with E-state index in [2.05, 4.69) is 37.2 Å². The first-order valence-electron chi connectivity index (χ1n) is 5.36. The summed E-state index contributed by atoms with van der Waals surface area (Å²) in [5.74, 6) is -0.127. The van der Waals surface area contributed by atoms with Gasteiger partial charge in [0.2, 0.25) is 0 Å². The van der Waals surface area contributed by atoms with Crippen LogP contribution in [0.15, 0.2) is 22.7 Å². The smallest absolute Gasteiger partial charge is 0.253 e. The van der Waals surface area contributed by atoms with Crippen LogP contribution >= 0.6 is 43.5 Å². The van der Waals surface area contributed by atoms with Crippen LogP contribution in [0.4, 0.5) is 0 Å². The number of carbonyl (C=O) groups is 1. The maximum Gasteiger partial charge on any atom is 0.253 e. The summed E-state index contributed by atoms with van der Waals surface area (Å²) in [4.78, 5) is 12.0. The Bertz CT molecular complexity index is 398. The van der Waals surface area contributed by atoms with Gasteiger partial charge in [-0.25, -0.2) is 0 Å². The van der Waals surface area contributed by atoms with Crippen LogP contribution in [-0.2, 0) is 0 Å². The van der Waals surface area contributed by atoms with E-state index < -0.39 is 0 Å². The summed E-state index contributed by atoms with van der Waals surface area (Å²) in [7, 11) is 0. The average molecular weight is 384 g/mol. The molecule has 1 N–H and O–H groups in total. The van der Waals surface area contributed by atoms with Crippen molar-refractivity contribution in [1.29, 1.82) is 0 Å². The van der Waals surface area contributed by atoms with E-state index >= 15 is 0 Å². The van der Waals surface area contributed by atoms with E-state index in [-0.39, 0.29) is 11.9 Å². The predicted octanol–water partition coefficient (Wildman–Crippen LogP) is 4.40. The van der Waals surface area contributed by atoms with Crippen molar-refractivity contribution in [3.63, 3.8) is 0 Å². The lowest BCUT2D eigenvalue weighted by Gasteiger charge is -2.14. The minimum atomic E-state index is -0.127. The molecule has 0 aliphatic carbocycles. The van der Waals surface area contributed by atoms with Gasteiger partial charge in [0.1, 0.15) is 0 Å². The van der Waals surface area contributed by atoms with Gasteiger partial charge in [-0.2, -0.15) is 0 Å². The van der Waals surface area contributed by atoms with Crippen molar-refractivity contribution >= 4 is 49.4 Å². The molecule has 17 heavy (non-hydrogen) atoms. The van der Waals surface area contributed by atoms with E-state index in [1.165, 1.54) is 0 Å². The molecule has 94 valence electrons. The van der Waals surface area contributed by atoms with E-state index in [4.69, 9.17) is 11.6 Å². The van der Waals surface area contributed by atoms with Gasteiger partial charge in [-0.05, 0) is 38.0 Å². The highest BCUT2D eigenvalue weighted by atomic mass is 79.9. The molecule has 1 atom stereocenters. The van der Waals surface area contributed by atoms with Gasteiger partial charge >= 0.3 is 0 Å². The molecule has 1 aromatic carbocycles. The molecule has 0 aliphatic heterocycles. The highest BCUT2D eigenvalue weighted by molar-refractivity contribution is 9.10.